The summed E-state index contributed by atoms with van der Waals surface area (Å²) < 4.78 is 5.41. The highest BCUT2D eigenvalue weighted by atomic mass is 16.5. The number of ether oxygens (including phenoxy) is 1. The van der Waals surface area contributed by atoms with Gasteiger partial charge in [0.05, 0.1) is 13.2 Å². The smallest absolute Gasteiger partial charge is 0.319 e. The van der Waals surface area contributed by atoms with Crippen molar-refractivity contribution in [2.75, 3.05) is 31.6 Å². The van der Waals surface area contributed by atoms with Crippen molar-refractivity contribution in [3.05, 3.63) is 29.8 Å². The van der Waals surface area contributed by atoms with Crippen LogP contribution in [0.1, 0.15) is 52.1 Å². The topological polar surface area (TPSA) is 53.6 Å². The molecule has 0 aromatic heterocycles. The molecule has 2 amide bonds. The predicted molar refractivity (Wildman–Crippen MR) is 103 cm³/mol. The number of urea groups is 1. The van der Waals surface area contributed by atoms with E-state index in [0.717, 1.165) is 44.8 Å². The summed E-state index contributed by atoms with van der Waals surface area (Å²) in [6, 6.07) is 8.56. The van der Waals surface area contributed by atoms with Gasteiger partial charge in [-0.1, -0.05) is 26.0 Å². The van der Waals surface area contributed by atoms with Crippen molar-refractivity contribution in [3.8, 4) is 0 Å². The minimum atomic E-state index is -0.134. The van der Waals surface area contributed by atoms with Gasteiger partial charge < -0.3 is 15.4 Å². The highest BCUT2D eigenvalue weighted by molar-refractivity contribution is 5.89. The molecule has 25 heavy (non-hydrogen) atoms. The molecule has 1 heterocycles. The SMILES string of the molecule is CC(C)CCC(C)NC(=O)Nc1ccc(C(C)N2CCOCC2)cc1. The molecule has 1 aromatic rings. The van der Waals surface area contributed by atoms with Crippen molar-refractivity contribution in [2.45, 2.75) is 52.6 Å². The third-order valence-corrected chi connectivity index (χ3v) is 4.80. The van der Waals surface area contributed by atoms with Gasteiger partial charge >= 0.3 is 6.03 Å². The molecule has 1 saturated heterocycles. The zero-order valence-corrected chi connectivity index (χ0v) is 16.0. The number of nitrogens with zero attached hydrogens (tertiary/aromatic N) is 1. The highest BCUT2D eigenvalue weighted by Crippen LogP contribution is 2.22. The first kappa shape index (κ1) is 19.7. The lowest BCUT2D eigenvalue weighted by Crippen LogP contribution is -2.38. The third-order valence-electron chi connectivity index (χ3n) is 4.80. The Labute approximate surface area is 152 Å². The molecule has 0 spiro atoms. The van der Waals surface area contributed by atoms with E-state index in [1.54, 1.807) is 0 Å². The van der Waals surface area contributed by atoms with E-state index in [-0.39, 0.29) is 12.1 Å². The molecule has 2 N–H and O–H groups in total. The normalized spacial score (nSPS) is 18.0. The Bertz CT molecular complexity index is 524. The zero-order valence-electron chi connectivity index (χ0n) is 16.0. The lowest BCUT2D eigenvalue weighted by molar-refractivity contribution is 0.0198. The molecular weight excluding hydrogens is 314 g/mol. The quantitative estimate of drug-likeness (QED) is 0.783. The van der Waals surface area contributed by atoms with E-state index in [1.807, 2.05) is 12.1 Å². The summed E-state index contributed by atoms with van der Waals surface area (Å²) in [5, 5.41) is 5.92. The van der Waals surface area contributed by atoms with Crippen LogP contribution in [0.4, 0.5) is 10.5 Å². The number of rotatable bonds is 7. The van der Waals surface area contributed by atoms with Gasteiger partial charge in [0.25, 0.3) is 0 Å². The summed E-state index contributed by atoms with van der Waals surface area (Å²) in [5.41, 5.74) is 2.09. The number of carbonyl (C=O) groups excluding carboxylic acids is 1. The van der Waals surface area contributed by atoms with Gasteiger partial charge in [0.1, 0.15) is 0 Å². The Hall–Kier alpha value is -1.59. The molecule has 1 aliphatic heterocycles. The molecule has 1 aliphatic rings. The first-order chi connectivity index (χ1) is 12.0. The first-order valence-corrected chi connectivity index (χ1v) is 9.45. The maximum absolute atomic E-state index is 12.1. The molecule has 2 atom stereocenters. The maximum Gasteiger partial charge on any atom is 0.319 e. The minimum absolute atomic E-state index is 0.134. The van der Waals surface area contributed by atoms with Gasteiger partial charge in [0.15, 0.2) is 0 Å². The van der Waals surface area contributed by atoms with Crippen molar-refractivity contribution >= 4 is 11.7 Å². The van der Waals surface area contributed by atoms with Crippen LogP contribution in [0.3, 0.4) is 0 Å². The summed E-state index contributed by atoms with van der Waals surface area (Å²) in [6.45, 7) is 12.2. The summed E-state index contributed by atoms with van der Waals surface area (Å²) in [6.07, 6.45) is 2.12. The summed E-state index contributed by atoms with van der Waals surface area (Å²) in [4.78, 5) is 14.5. The van der Waals surface area contributed by atoms with Crippen LogP contribution in [0.2, 0.25) is 0 Å². The van der Waals surface area contributed by atoms with Gasteiger partial charge in [-0.3, -0.25) is 4.90 Å². The molecule has 5 nitrogen and oxygen atoms in total. The van der Waals surface area contributed by atoms with Crippen molar-refractivity contribution in [1.29, 1.82) is 0 Å². The average molecular weight is 348 g/mol. The second-order valence-electron chi connectivity index (χ2n) is 7.42. The summed E-state index contributed by atoms with van der Waals surface area (Å²) in [7, 11) is 0. The monoisotopic (exact) mass is 347 g/mol. The summed E-state index contributed by atoms with van der Waals surface area (Å²) >= 11 is 0. The average Bonchev–Trinajstić information content (AvgIpc) is 2.60. The Morgan fingerprint density at radius 1 is 1.08 bits per heavy atom. The van der Waals surface area contributed by atoms with Crippen LogP contribution in [-0.2, 0) is 4.74 Å². The summed E-state index contributed by atoms with van der Waals surface area (Å²) in [5.74, 6) is 0.660. The molecule has 2 rings (SSSR count). The number of nitrogens with one attached hydrogen (secondary N) is 2. The lowest BCUT2D eigenvalue weighted by atomic mass is 10.0. The van der Waals surface area contributed by atoms with Crippen molar-refractivity contribution in [2.24, 2.45) is 5.92 Å². The second-order valence-corrected chi connectivity index (χ2v) is 7.42. The standard InChI is InChI=1S/C20H33N3O2/c1-15(2)5-6-16(3)21-20(24)22-19-9-7-18(8-10-19)17(4)23-11-13-25-14-12-23/h7-10,15-17H,5-6,11-14H2,1-4H3,(H2,21,22,24). The van der Waals surface area contributed by atoms with Crippen molar-refractivity contribution < 1.29 is 9.53 Å². The van der Waals surface area contributed by atoms with E-state index >= 15 is 0 Å². The number of benzene rings is 1. The van der Waals surface area contributed by atoms with Gasteiger partial charge in [-0.15, -0.1) is 0 Å². The van der Waals surface area contributed by atoms with Crippen LogP contribution < -0.4 is 10.6 Å². The zero-order chi connectivity index (χ0) is 18.2. The molecule has 0 bridgehead atoms. The minimum Gasteiger partial charge on any atom is -0.379 e. The molecule has 0 aliphatic carbocycles. The molecular formula is C20H33N3O2. The third kappa shape index (κ3) is 6.67. The highest BCUT2D eigenvalue weighted by Gasteiger charge is 2.18. The molecule has 0 saturated carbocycles. The number of hydrogen-bond acceptors (Lipinski definition) is 3. The number of hydrogen-bond donors (Lipinski definition) is 2. The second kappa shape index (κ2) is 9.78. The number of anilines is 1. The van der Waals surface area contributed by atoms with Crippen LogP contribution in [0.5, 0.6) is 0 Å². The van der Waals surface area contributed by atoms with E-state index in [1.165, 1.54) is 5.56 Å². The van der Waals surface area contributed by atoms with E-state index in [4.69, 9.17) is 4.74 Å². The van der Waals surface area contributed by atoms with E-state index in [0.29, 0.717) is 12.0 Å². The molecule has 1 aromatic carbocycles. The number of morpholine rings is 1. The van der Waals surface area contributed by atoms with Crippen LogP contribution in [0.25, 0.3) is 0 Å². The number of amides is 2. The molecule has 2 unspecified atom stereocenters. The first-order valence-electron chi connectivity index (χ1n) is 9.45. The van der Waals surface area contributed by atoms with Crippen LogP contribution in [0.15, 0.2) is 24.3 Å². The van der Waals surface area contributed by atoms with Gasteiger partial charge in [-0.25, -0.2) is 4.79 Å². The van der Waals surface area contributed by atoms with E-state index in [9.17, 15) is 4.79 Å². The van der Waals surface area contributed by atoms with Crippen LogP contribution in [0, 0.1) is 5.92 Å². The van der Waals surface area contributed by atoms with E-state index < -0.39 is 0 Å². The molecule has 0 radical (unpaired) electrons. The van der Waals surface area contributed by atoms with Gasteiger partial charge in [-0.2, -0.15) is 0 Å². The van der Waals surface area contributed by atoms with Gasteiger partial charge in [-0.05, 0) is 50.3 Å². The number of carbonyl (C=O) groups is 1. The fraction of sp³-hybridized carbons (Fsp3) is 0.650. The fourth-order valence-corrected chi connectivity index (χ4v) is 3.07. The van der Waals surface area contributed by atoms with Gasteiger partial charge in [0, 0.05) is 30.9 Å². The molecule has 1 fully saturated rings. The fourth-order valence-electron chi connectivity index (χ4n) is 3.07. The van der Waals surface area contributed by atoms with E-state index in [2.05, 4.69) is 55.4 Å². The Morgan fingerprint density at radius 3 is 2.32 bits per heavy atom. The largest absolute Gasteiger partial charge is 0.379 e. The van der Waals surface area contributed by atoms with Crippen molar-refractivity contribution in [1.82, 2.24) is 10.2 Å². The predicted octanol–water partition coefficient (Wildman–Crippen LogP) is 4.03. The Kier molecular flexibility index (Phi) is 7.72. The lowest BCUT2D eigenvalue weighted by Gasteiger charge is -2.32. The Balaban J connectivity index is 1.82. The van der Waals surface area contributed by atoms with Gasteiger partial charge in [0.2, 0.25) is 0 Å². The maximum atomic E-state index is 12.1. The molecule has 140 valence electrons. The van der Waals surface area contributed by atoms with Crippen LogP contribution in [-0.4, -0.2) is 43.3 Å². The van der Waals surface area contributed by atoms with Crippen molar-refractivity contribution in [3.63, 3.8) is 0 Å². The van der Waals surface area contributed by atoms with Crippen LogP contribution >= 0.6 is 0 Å². The Morgan fingerprint density at radius 2 is 1.72 bits per heavy atom. The molecule has 5 heteroatoms.